The molecule has 1 aromatic heterocycles. The molecule has 0 saturated carbocycles. The number of rotatable bonds is 5. The van der Waals surface area contributed by atoms with Gasteiger partial charge in [0.1, 0.15) is 13.1 Å². The van der Waals surface area contributed by atoms with Crippen molar-refractivity contribution in [1.29, 1.82) is 0 Å². The maximum atomic E-state index is 5.49. The fourth-order valence-electron chi connectivity index (χ4n) is 0.797. The van der Waals surface area contributed by atoms with Gasteiger partial charge < -0.3 is 4.74 Å². The molecule has 1 heterocycles. The Kier molecular flexibility index (Phi) is 4.40. The molecule has 82 valence electrons. The molecule has 6 heteroatoms. The molecule has 0 aromatic carbocycles. The summed E-state index contributed by atoms with van der Waals surface area (Å²) in [6, 6.07) is 0. The smallest absolute Gasteiger partial charge is 0.197 e. The van der Waals surface area contributed by atoms with E-state index in [1.165, 1.54) is 6.33 Å². The highest BCUT2D eigenvalue weighted by atomic mass is 79.9. The van der Waals surface area contributed by atoms with E-state index in [0.717, 1.165) is 12.4 Å². The minimum absolute atomic E-state index is 0.457. The Morgan fingerprint density at radius 3 is 2.71 bits per heavy atom. The molecular formula is C8H16BrN3OS. The lowest BCUT2D eigenvalue weighted by molar-refractivity contribution is 0.0789. The van der Waals surface area contributed by atoms with E-state index in [9.17, 15) is 0 Å². The molecule has 0 atom stereocenters. The third kappa shape index (κ3) is 4.43. The first-order valence-electron chi connectivity index (χ1n) is 4.26. The molecule has 0 unspecified atom stereocenters. The molecule has 1 rings (SSSR count). The van der Waals surface area contributed by atoms with Gasteiger partial charge in [0.2, 0.25) is 0 Å². The summed E-state index contributed by atoms with van der Waals surface area (Å²) in [5.74, 6) is 1.12. The van der Waals surface area contributed by atoms with Crippen LogP contribution in [0.5, 0.6) is 0 Å². The van der Waals surface area contributed by atoms with Crippen LogP contribution in [0.25, 0.3) is 0 Å². The Labute approximate surface area is 94.5 Å². The average molecular weight is 282 g/mol. The normalized spacial score (nSPS) is 13.1. The molecule has 0 fully saturated rings. The van der Waals surface area contributed by atoms with Crippen molar-refractivity contribution in [1.82, 2.24) is 14.8 Å². The van der Waals surface area contributed by atoms with Gasteiger partial charge in [-0.2, -0.15) is 5.10 Å². The summed E-state index contributed by atoms with van der Waals surface area (Å²) >= 11 is 3.27. The van der Waals surface area contributed by atoms with Gasteiger partial charge in [-0.3, -0.25) is 0 Å². The van der Waals surface area contributed by atoms with E-state index in [2.05, 4.69) is 44.8 Å². The van der Waals surface area contributed by atoms with Gasteiger partial charge in [0, 0.05) is 5.75 Å². The first-order chi connectivity index (χ1) is 6.49. The van der Waals surface area contributed by atoms with Gasteiger partial charge in [-0.05, 0) is 34.7 Å². The van der Waals surface area contributed by atoms with Crippen LogP contribution in [0.15, 0.2) is 11.1 Å². The van der Waals surface area contributed by atoms with Crippen LogP contribution >= 0.6 is 26.0 Å². The van der Waals surface area contributed by atoms with E-state index in [-0.39, 0.29) is 0 Å². The quantitative estimate of drug-likeness (QED) is 0.772. The van der Waals surface area contributed by atoms with Gasteiger partial charge in [0.15, 0.2) is 4.73 Å². The Morgan fingerprint density at radius 1 is 1.50 bits per heavy atom. The molecule has 0 aliphatic rings. The average Bonchev–Trinajstić information content (AvgIpc) is 2.44. The highest BCUT2D eigenvalue weighted by Gasteiger charge is 2.04. The van der Waals surface area contributed by atoms with Crippen LogP contribution in [0, 0.1) is 0 Å². The predicted molar refractivity (Wildman–Crippen MR) is 63.9 cm³/mol. The zero-order chi connectivity index (χ0) is 10.6. The van der Waals surface area contributed by atoms with Crippen molar-refractivity contribution in [2.45, 2.75) is 6.73 Å². The number of hydrogen-bond donors (Lipinski definition) is 0. The van der Waals surface area contributed by atoms with E-state index >= 15 is 0 Å². The van der Waals surface area contributed by atoms with E-state index in [1.54, 1.807) is 4.68 Å². The third-order valence-corrected chi connectivity index (χ3v) is 3.63. The molecule has 14 heavy (non-hydrogen) atoms. The summed E-state index contributed by atoms with van der Waals surface area (Å²) in [6.45, 7) is 1.25. The third-order valence-electron chi connectivity index (χ3n) is 1.62. The summed E-state index contributed by atoms with van der Waals surface area (Å²) < 4.78 is 7.87. The summed E-state index contributed by atoms with van der Waals surface area (Å²) in [5, 5.41) is 3.99. The molecule has 0 N–H and O–H groups in total. The molecule has 4 nitrogen and oxygen atoms in total. The predicted octanol–water partition coefficient (Wildman–Crippen LogP) is 1.71. The van der Waals surface area contributed by atoms with Gasteiger partial charge in [-0.1, -0.05) is 0 Å². The van der Waals surface area contributed by atoms with Crippen LogP contribution < -0.4 is 0 Å². The second kappa shape index (κ2) is 5.14. The fourth-order valence-corrected chi connectivity index (χ4v) is 1.70. The molecule has 0 radical (unpaired) electrons. The van der Waals surface area contributed by atoms with Crippen LogP contribution in [-0.2, 0) is 11.5 Å². The van der Waals surface area contributed by atoms with Crippen molar-refractivity contribution >= 4 is 26.0 Å². The molecule has 0 bridgehead atoms. The number of aromatic nitrogens is 3. The maximum absolute atomic E-state index is 5.49. The van der Waals surface area contributed by atoms with Crippen molar-refractivity contribution in [3.8, 4) is 0 Å². The molecule has 0 spiro atoms. The SMILES string of the molecule is CS(C)(C)CCOCn1ncnc1Br. The van der Waals surface area contributed by atoms with Crippen LogP contribution in [0.4, 0.5) is 0 Å². The largest absolute Gasteiger partial charge is 0.358 e. The lowest BCUT2D eigenvalue weighted by Crippen LogP contribution is -2.10. The van der Waals surface area contributed by atoms with Crippen LogP contribution in [-0.4, -0.2) is 45.9 Å². The number of hydrogen-bond acceptors (Lipinski definition) is 3. The lowest BCUT2D eigenvalue weighted by Gasteiger charge is -2.24. The first-order valence-corrected chi connectivity index (χ1v) is 8.08. The van der Waals surface area contributed by atoms with Gasteiger partial charge >= 0.3 is 0 Å². The molecule has 1 aromatic rings. The van der Waals surface area contributed by atoms with Crippen LogP contribution in [0.2, 0.25) is 0 Å². The van der Waals surface area contributed by atoms with E-state index in [4.69, 9.17) is 4.74 Å². The van der Waals surface area contributed by atoms with Crippen LogP contribution in [0.3, 0.4) is 0 Å². The van der Waals surface area contributed by atoms with Gasteiger partial charge in [-0.15, -0.1) is 0 Å². The monoisotopic (exact) mass is 281 g/mol. The van der Waals surface area contributed by atoms with E-state index in [0.29, 0.717) is 11.5 Å². The van der Waals surface area contributed by atoms with Crippen molar-refractivity contribution in [2.24, 2.45) is 0 Å². The van der Waals surface area contributed by atoms with E-state index < -0.39 is 10.0 Å². The maximum Gasteiger partial charge on any atom is 0.197 e. The Balaban J connectivity index is 2.20. The highest BCUT2D eigenvalue weighted by Crippen LogP contribution is 2.33. The minimum Gasteiger partial charge on any atom is -0.358 e. The summed E-state index contributed by atoms with van der Waals surface area (Å²) in [4.78, 5) is 3.94. The lowest BCUT2D eigenvalue weighted by atomic mass is 10.8. The molecular weight excluding hydrogens is 266 g/mol. The number of nitrogens with zero attached hydrogens (tertiary/aromatic N) is 3. The van der Waals surface area contributed by atoms with E-state index in [1.807, 2.05) is 0 Å². The highest BCUT2D eigenvalue weighted by molar-refractivity contribution is 9.10. The Hall–Kier alpha value is -0.0700. The molecule has 0 aliphatic carbocycles. The zero-order valence-corrected chi connectivity index (χ0v) is 11.1. The standard InChI is InChI=1S/C8H16BrN3OS/c1-14(2,3)5-4-13-7-12-8(9)10-6-11-12/h6H,4-5,7H2,1-3H3. The Morgan fingerprint density at radius 2 is 2.21 bits per heavy atom. The second-order valence-corrected chi connectivity index (χ2v) is 9.16. The van der Waals surface area contributed by atoms with Crippen LogP contribution in [0.1, 0.15) is 0 Å². The molecule has 0 amide bonds. The fraction of sp³-hybridized carbons (Fsp3) is 0.750. The zero-order valence-electron chi connectivity index (χ0n) is 8.73. The number of halogens is 1. The second-order valence-electron chi connectivity index (χ2n) is 3.86. The van der Waals surface area contributed by atoms with Crippen molar-refractivity contribution in [3.05, 3.63) is 11.1 Å². The summed E-state index contributed by atoms with van der Waals surface area (Å²) in [6.07, 6.45) is 8.34. The van der Waals surface area contributed by atoms with Crippen molar-refractivity contribution in [3.63, 3.8) is 0 Å². The molecule has 0 saturated heterocycles. The minimum atomic E-state index is -0.457. The van der Waals surface area contributed by atoms with Crippen molar-refractivity contribution < 1.29 is 4.74 Å². The van der Waals surface area contributed by atoms with Gasteiger partial charge in [0.25, 0.3) is 0 Å². The first kappa shape index (κ1) is 12.0. The summed E-state index contributed by atoms with van der Waals surface area (Å²) in [7, 11) is -0.457. The van der Waals surface area contributed by atoms with Crippen molar-refractivity contribution in [2.75, 3.05) is 31.1 Å². The van der Waals surface area contributed by atoms with Gasteiger partial charge in [0.05, 0.1) is 6.61 Å². The Bertz CT molecular complexity index is 284. The summed E-state index contributed by atoms with van der Waals surface area (Å²) in [5.41, 5.74) is 0. The topological polar surface area (TPSA) is 39.9 Å². The molecule has 0 aliphatic heterocycles. The number of ether oxygens (including phenoxy) is 1. The van der Waals surface area contributed by atoms with Gasteiger partial charge in [-0.25, -0.2) is 19.7 Å².